The second-order valence-electron chi connectivity index (χ2n) is 8.84. The van der Waals surface area contributed by atoms with Crippen molar-refractivity contribution < 1.29 is 22.5 Å². The van der Waals surface area contributed by atoms with Gasteiger partial charge >= 0.3 is 6.18 Å². The first kappa shape index (κ1) is 26.2. The van der Waals surface area contributed by atoms with Gasteiger partial charge in [0.25, 0.3) is 0 Å². The third-order valence-electron chi connectivity index (χ3n) is 6.13. The van der Waals surface area contributed by atoms with Crippen molar-refractivity contribution in [2.75, 3.05) is 22.9 Å². The van der Waals surface area contributed by atoms with E-state index in [1.807, 2.05) is 19.1 Å². The minimum atomic E-state index is -4.55. The molecule has 1 saturated carbocycles. The number of hydrogen-bond acceptors (Lipinski definition) is 8. The third-order valence-corrected chi connectivity index (χ3v) is 7.15. The second-order valence-corrected chi connectivity index (χ2v) is 10.0. The number of rotatable bonds is 8. The van der Waals surface area contributed by atoms with E-state index in [9.17, 15) is 17.7 Å². The van der Waals surface area contributed by atoms with E-state index in [0.717, 1.165) is 54.1 Å². The van der Waals surface area contributed by atoms with Gasteiger partial charge in [-0.1, -0.05) is 6.92 Å². The molecule has 0 spiro atoms. The summed E-state index contributed by atoms with van der Waals surface area (Å²) in [7, 11) is 1.42. The number of fused-ring (bicyclic) bond motifs is 1. The van der Waals surface area contributed by atoms with Gasteiger partial charge < -0.3 is 20.3 Å². The maximum atomic E-state index is 12.5. The van der Waals surface area contributed by atoms with Gasteiger partial charge in [-0.2, -0.15) is 22.9 Å². The number of pyridine rings is 1. The smallest absolute Gasteiger partial charge is 0.435 e. The van der Waals surface area contributed by atoms with Crippen molar-refractivity contribution in [2.24, 2.45) is 5.73 Å². The van der Waals surface area contributed by atoms with Gasteiger partial charge in [-0.25, -0.2) is 9.97 Å². The molecule has 1 unspecified atom stereocenters. The zero-order valence-electron chi connectivity index (χ0n) is 20.1. The highest BCUT2D eigenvalue weighted by atomic mass is 32.2. The Balaban J connectivity index is 1.59. The van der Waals surface area contributed by atoms with Crippen LogP contribution in [0.2, 0.25) is 0 Å². The normalized spacial score (nSPS) is 19.2. The molecule has 0 aliphatic heterocycles. The molecule has 194 valence electrons. The molecule has 3 aromatic rings. The van der Waals surface area contributed by atoms with Crippen LogP contribution >= 0.6 is 0 Å². The molecule has 12 heteroatoms. The molecular weight excluding hydrogens is 493 g/mol. The van der Waals surface area contributed by atoms with Gasteiger partial charge in [-0.15, -0.1) is 0 Å². The Morgan fingerprint density at radius 2 is 1.92 bits per heavy atom. The first-order valence-corrected chi connectivity index (χ1v) is 13.1. The molecule has 0 bridgehead atoms. The lowest BCUT2D eigenvalue weighted by Crippen LogP contribution is -2.33. The lowest BCUT2D eigenvalue weighted by molar-refractivity contribution is -0.106. The zero-order valence-corrected chi connectivity index (χ0v) is 20.9. The quantitative estimate of drug-likeness (QED) is 0.368. The van der Waals surface area contributed by atoms with Crippen LogP contribution in [0.3, 0.4) is 0 Å². The highest BCUT2D eigenvalue weighted by molar-refractivity contribution is 7.92. The van der Waals surface area contributed by atoms with Crippen molar-refractivity contribution in [3.8, 4) is 17.0 Å². The molecule has 1 atom stereocenters. The number of halogens is 3. The predicted molar refractivity (Wildman–Crippen MR) is 135 cm³/mol. The summed E-state index contributed by atoms with van der Waals surface area (Å²) < 4.78 is 56.9. The monoisotopic (exact) mass is 522 g/mol. The lowest BCUT2D eigenvalue weighted by atomic mass is 9.92. The molecule has 36 heavy (non-hydrogen) atoms. The SMILES string of the molecule is CCc1cc(-c2ccc(N[S+]([O-])CC(F)(F)F)nc2OC)cc2cnc(NC3CCC(N)CC3)nc12. The maximum Gasteiger partial charge on any atom is 0.435 e. The number of nitrogens with zero attached hydrogens (tertiary/aromatic N) is 3. The Morgan fingerprint density at radius 1 is 1.17 bits per heavy atom. The van der Waals surface area contributed by atoms with Crippen LogP contribution in [0.25, 0.3) is 22.0 Å². The number of nitrogens with one attached hydrogen (secondary N) is 2. The van der Waals surface area contributed by atoms with E-state index < -0.39 is 23.3 Å². The average molecular weight is 523 g/mol. The maximum absolute atomic E-state index is 12.5. The van der Waals surface area contributed by atoms with E-state index >= 15 is 0 Å². The number of methoxy groups -OCH3 is 1. The Kier molecular flexibility index (Phi) is 8.06. The summed E-state index contributed by atoms with van der Waals surface area (Å²) in [6.07, 6.45) is 1.90. The Bertz CT molecular complexity index is 1200. The number of ether oxygens (including phenoxy) is 1. The summed E-state index contributed by atoms with van der Waals surface area (Å²) in [6.45, 7) is 2.04. The van der Waals surface area contributed by atoms with E-state index in [1.54, 1.807) is 12.3 Å². The van der Waals surface area contributed by atoms with Gasteiger partial charge in [-0.3, -0.25) is 0 Å². The van der Waals surface area contributed by atoms with E-state index in [2.05, 4.69) is 20.0 Å². The molecule has 1 aliphatic rings. The van der Waals surface area contributed by atoms with Crippen LogP contribution in [-0.4, -0.2) is 50.6 Å². The molecule has 2 heterocycles. The van der Waals surface area contributed by atoms with Crippen molar-refractivity contribution in [3.05, 3.63) is 36.0 Å². The van der Waals surface area contributed by atoms with Gasteiger partial charge in [0.15, 0.2) is 5.82 Å². The first-order chi connectivity index (χ1) is 17.1. The number of alkyl halides is 3. The fourth-order valence-electron chi connectivity index (χ4n) is 4.33. The number of anilines is 2. The second kappa shape index (κ2) is 11.1. The molecule has 0 amide bonds. The number of benzene rings is 1. The molecule has 1 aromatic carbocycles. The van der Waals surface area contributed by atoms with Crippen LogP contribution in [0.15, 0.2) is 30.5 Å². The molecule has 0 radical (unpaired) electrons. The summed E-state index contributed by atoms with van der Waals surface area (Å²) in [4.78, 5) is 13.5. The van der Waals surface area contributed by atoms with Crippen LogP contribution in [0.1, 0.15) is 38.2 Å². The largest absolute Gasteiger partial charge is 0.593 e. The Morgan fingerprint density at radius 3 is 2.58 bits per heavy atom. The average Bonchev–Trinajstić information content (AvgIpc) is 2.83. The predicted octanol–water partition coefficient (Wildman–Crippen LogP) is 4.58. The summed E-state index contributed by atoms with van der Waals surface area (Å²) in [5, 5.41) is 4.28. The van der Waals surface area contributed by atoms with E-state index in [4.69, 9.17) is 15.5 Å². The molecule has 0 saturated heterocycles. The first-order valence-electron chi connectivity index (χ1n) is 11.7. The fraction of sp³-hybridized carbons (Fsp3) is 0.458. The van der Waals surface area contributed by atoms with Crippen LogP contribution in [0.5, 0.6) is 5.88 Å². The van der Waals surface area contributed by atoms with Gasteiger partial charge in [-0.05, 0) is 67.5 Å². The lowest BCUT2D eigenvalue weighted by Gasteiger charge is -2.26. The van der Waals surface area contributed by atoms with Gasteiger partial charge in [0.2, 0.25) is 17.6 Å². The number of nitrogens with two attached hydrogens (primary N) is 1. The summed E-state index contributed by atoms with van der Waals surface area (Å²) in [5.41, 5.74) is 9.30. The van der Waals surface area contributed by atoms with Crippen molar-refractivity contribution in [1.82, 2.24) is 15.0 Å². The van der Waals surface area contributed by atoms with Gasteiger partial charge in [0, 0.05) is 29.2 Å². The number of hydrogen-bond donors (Lipinski definition) is 3. The minimum absolute atomic E-state index is 0.0254. The van der Waals surface area contributed by atoms with Crippen molar-refractivity contribution in [2.45, 2.75) is 57.3 Å². The zero-order chi connectivity index (χ0) is 25.9. The fourth-order valence-corrected chi connectivity index (χ4v) is 5.05. The molecule has 8 nitrogen and oxygen atoms in total. The van der Waals surface area contributed by atoms with Crippen molar-refractivity contribution in [1.29, 1.82) is 0 Å². The van der Waals surface area contributed by atoms with Crippen LogP contribution in [0.4, 0.5) is 24.9 Å². The Hall–Kier alpha value is -2.83. The molecule has 1 fully saturated rings. The van der Waals surface area contributed by atoms with Crippen molar-refractivity contribution >= 4 is 34.0 Å². The molecule has 1 aliphatic carbocycles. The minimum Gasteiger partial charge on any atom is -0.593 e. The van der Waals surface area contributed by atoms with Gasteiger partial charge in [0.1, 0.15) is 0 Å². The van der Waals surface area contributed by atoms with Crippen LogP contribution in [0, 0.1) is 0 Å². The third kappa shape index (κ3) is 6.48. The number of aryl methyl sites for hydroxylation is 1. The van der Waals surface area contributed by atoms with Crippen LogP contribution in [-0.2, 0) is 17.8 Å². The van der Waals surface area contributed by atoms with Gasteiger partial charge in [0.05, 0.1) is 24.0 Å². The summed E-state index contributed by atoms with van der Waals surface area (Å²) in [5.74, 6) is -0.668. The van der Waals surface area contributed by atoms with Crippen LogP contribution < -0.4 is 20.5 Å². The molecule has 2 aromatic heterocycles. The van der Waals surface area contributed by atoms with Crippen molar-refractivity contribution in [3.63, 3.8) is 0 Å². The molecule has 4 N–H and O–H groups in total. The molecular formula is C24H29F3N6O2S. The summed E-state index contributed by atoms with van der Waals surface area (Å²) in [6, 6.07) is 7.63. The summed E-state index contributed by atoms with van der Waals surface area (Å²) >= 11 is -2.35. The number of aromatic nitrogens is 3. The molecule has 4 rings (SSSR count). The van der Waals surface area contributed by atoms with E-state index in [1.165, 1.54) is 13.2 Å². The highest BCUT2D eigenvalue weighted by Gasteiger charge is 2.35. The topological polar surface area (TPSA) is 121 Å². The highest BCUT2D eigenvalue weighted by Crippen LogP contribution is 2.34. The van der Waals surface area contributed by atoms with E-state index in [0.29, 0.717) is 17.6 Å². The Labute approximate surface area is 210 Å². The standard InChI is InChI=1S/C24H29F3N6O2S/c1-3-14-10-15(19-8-9-20(31-22(19)35-2)33-36(34)13-24(25,26)27)11-16-12-29-23(32-21(14)16)30-18-6-4-17(28)5-7-18/h8-12,17-18H,3-7,13,28H2,1-2H3,(H,31,33)(H,29,30,32). The van der Waals surface area contributed by atoms with E-state index in [-0.39, 0.29) is 17.7 Å².